The molecule has 4 N–H and O–H groups in total. The maximum Gasteiger partial charge on any atom is 0.332 e. The Balaban J connectivity index is 2.09. The van der Waals surface area contributed by atoms with Crippen LogP contribution in [0.25, 0.3) is 22.6 Å². The molecule has 3 aromatic rings. The molecule has 0 aliphatic carbocycles. The lowest BCUT2D eigenvalue weighted by molar-refractivity contribution is 0.555. The number of aryl methyl sites for hydroxylation is 1. The lowest BCUT2D eigenvalue weighted by Gasteiger charge is -2.09. The van der Waals surface area contributed by atoms with Crippen LogP contribution in [0.15, 0.2) is 38.8 Å². The van der Waals surface area contributed by atoms with Gasteiger partial charge in [-0.2, -0.15) is 0 Å². The molecule has 0 fully saturated rings. The van der Waals surface area contributed by atoms with Gasteiger partial charge in [-0.3, -0.25) is 13.9 Å². The van der Waals surface area contributed by atoms with Gasteiger partial charge in [-0.15, -0.1) is 0 Å². The summed E-state index contributed by atoms with van der Waals surface area (Å²) in [5.41, 5.74) is 5.72. The number of nitrogens with one attached hydrogen (secondary N) is 2. The minimum atomic E-state index is -3.64. The average Bonchev–Trinajstić information content (AvgIpc) is 3.18. The molecule has 0 saturated carbocycles. The second kappa shape index (κ2) is 8.94. The van der Waals surface area contributed by atoms with E-state index in [2.05, 4.69) is 14.7 Å². The highest BCUT2D eigenvalue weighted by Gasteiger charge is 2.18. The van der Waals surface area contributed by atoms with Crippen molar-refractivity contribution in [1.82, 2.24) is 23.8 Å². The Morgan fingerprint density at radius 1 is 1.07 bits per heavy atom. The van der Waals surface area contributed by atoms with Gasteiger partial charge in [0.1, 0.15) is 11.3 Å². The number of hydrogen-bond acceptors (Lipinski definition) is 6. The summed E-state index contributed by atoms with van der Waals surface area (Å²) < 4.78 is 29.5. The van der Waals surface area contributed by atoms with E-state index in [1.54, 1.807) is 12.1 Å². The second-order valence-electron chi connectivity index (χ2n) is 6.89. The molecular weight excluding hydrogens is 408 g/mol. The van der Waals surface area contributed by atoms with E-state index in [1.165, 1.54) is 21.3 Å². The fraction of sp³-hybridized carbons (Fsp3) is 0.421. The smallest absolute Gasteiger partial charge is 0.332 e. The first-order valence-corrected chi connectivity index (χ1v) is 11.4. The number of hydrogen-bond donors (Lipinski definition) is 3. The van der Waals surface area contributed by atoms with Gasteiger partial charge in [0.15, 0.2) is 5.65 Å². The number of imidazole rings is 1. The molecule has 11 heteroatoms. The highest BCUT2D eigenvalue weighted by Crippen LogP contribution is 2.20. The molecule has 2 aromatic heterocycles. The zero-order valence-electron chi connectivity index (χ0n) is 17.0. The maximum atomic E-state index is 12.8. The number of nitrogens with zero attached hydrogens (tertiary/aromatic N) is 3. The Morgan fingerprint density at radius 3 is 2.30 bits per heavy atom. The van der Waals surface area contributed by atoms with Crippen molar-refractivity contribution in [3.05, 3.63) is 45.1 Å². The van der Waals surface area contributed by atoms with Gasteiger partial charge in [0.05, 0.1) is 4.90 Å². The maximum absolute atomic E-state index is 12.8. The van der Waals surface area contributed by atoms with E-state index in [9.17, 15) is 18.0 Å². The molecule has 0 amide bonds. The second-order valence-corrected chi connectivity index (χ2v) is 8.65. The first-order valence-electron chi connectivity index (χ1n) is 9.87. The summed E-state index contributed by atoms with van der Waals surface area (Å²) in [6, 6.07) is 6.11. The van der Waals surface area contributed by atoms with Gasteiger partial charge >= 0.3 is 5.69 Å². The number of H-pyrrole nitrogens is 1. The summed E-state index contributed by atoms with van der Waals surface area (Å²) in [6.45, 7) is 4.95. The van der Waals surface area contributed by atoms with Crippen molar-refractivity contribution >= 4 is 21.2 Å². The van der Waals surface area contributed by atoms with E-state index in [1.807, 2.05) is 13.8 Å². The number of aromatic amines is 1. The predicted molar refractivity (Wildman–Crippen MR) is 115 cm³/mol. The molecule has 0 aliphatic rings. The SMILES string of the molecule is CCCn1c(=O)c2[nH]c(-c3ccc(S(=O)(=O)NCCN)cc3)nc2n(CCC)c1=O. The minimum absolute atomic E-state index is 0.101. The summed E-state index contributed by atoms with van der Waals surface area (Å²) in [5, 5.41) is 0. The van der Waals surface area contributed by atoms with Gasteiger partial charge in [-0.05, 0) is 37.1 Å². The standard InChI is InChI=1S/C19H26N6O4S/c1-3-11-24-17-15(18(26)25(12-4-2)19(24)27)22-16(23-17)13-5-7-14(8-6-13)30(28,29)21-10-9-20/h5-8,21H,3-4,9-12,20H2,1-2H3,(H,22,23). The van der Waals surface area contributed by atoms with Crippen LogP contribution in [0.2, 0.25) is 0 Å². The van der Waals surface area contributed by atoms with Gasteiger partial charge in [0.2, 0.25) is 10.0 Å². The molecule has 0 aliphatic heterocycles. The van der Waals surface area contributed by atoms with E-state index in [0.717, 1.165) is 0 Å². The first kappa shape index (κ1) is 21.9. The zero-order valence-corrected chi connectivity index (χ0v) is 17.8. The number of nitrogens with two attached hydrogens (primary N) is 1. The van der Waals surface area contributed by atoms with Crippen LogP contribution in [-0.2, 0) is 23.1 Å². The van der Waals surface area contributed by atoms with E-state index < -0.39 is 15.6 Å². The van der Waals surface area contributed by atoms with Gasteiger partial charge in [-0.1, -0.05) is 13.8 Å². The van der Waals surface area contributed by atoms with Crippen LogP contribution in [0.4, 0.5) is 0 Å². The summed E-state index contributed by atoms with van der Waals surface area (Å²) in [5.74, 6) is 0.388. The van der Waals surface area contributed by atoms with E-state index >= 15 is 0 Å². The molecule has 0 atom stereocenters. The van der Waals surface area contributed by atoms with Crippen LogP contribution < -0.4 is 21.7 Å². The third kappa shape index (κ3) is 4.09. The van der Waals surface area contributed by atoms with Crippen molar-refractivity contribution < 1.29 is 8.42 Å². The fourth-order valence-corrected chi connectivity index (χ4v) is 4.27. The zero-order chi connectivity index (χ0) is 21.9. The topological polar surface area (TPSA) is 145 Å². The molecule has 162 valence electrons. The van der Waals surface area contributed by atoms with Crippen molar-refractivity contribution in [2.45, 2.75) is 44.7 Å². The van der Waals surface area contributed by atoms with Crippen LogP contribution in [0.5, 0.6) is 0 Å². The largest absolute Gasteiger partial charge is 0.332 e. The normalized spacial score (nSPS) is 12.0. The highest BCUT2D eigenvalue weighted by molar-refractivity contribution is 7.89. The lowest BCUT2D eigenvalue weighted by atomic mass is 10.2. The van der Waals surface area contributed by atoms with E-state index in [0.29, 0.717) is 43.0 Å². The van der Waals surface area contributed by atoms with Crippen molar-refractivity contribution in [3.8, 4) is 11.4 Å². The Morgan fingerprint density at radius 2 is 1.70 bits per heavy atom. The molecule has 0 bridgehead atoms. The molecule has 1 aromatic carbocycles. The third-order valence-corrected chi connectivity index (χ3v) is 6.11. The summed E-state index contributed by atoms with van der Waals surface area (Å²) in [6.07, 6.45) is 1.37. The summed E-state index contributed by atoms with van der Waals surface area (Å²) >= 11 is 0. The molecule has 2 heterocycles. The Labute approximate surface area is 173 Å². The molecule has 0 saturated heterocycles. The van der Waals surface area contributed by atoms with Gasteiger partial charge in [0.25, 0.3) is 5.56 Å². The minimum Gasteiger partial charge on any atom is -0.332 e. The van der Waals surface area contributed by atoms with E-state index in [4.69, 9.17) is 5.73 Å². The summed E-state index contributed by atoms with van der Waals surface area (Å²) in [4.78, 5) is 33.2. The first-order chi connectivity index (χ1) is 14.3. The van der Waals surface area contributed by atoms with Gasteiger partial charge in [0, 0.05) is 31.7 Å². The predicted octanol–water partition coefficient (Wildman–Crippen LogP) is 0.610. The van der Waals surface area contributed by atoms with Crippen LogP contribution in [-0.4, -0.2) is 40.6 Å². The quantitative estimate of drug-likeness (QED) is 0.450. The van der Waals surface area contributed by atoms with Crippen molar-refractivity contribution in [3.63, 3.8) is 0 Å². The van der Waals surface area contributed by atoms with Crippen LogP contribution in [0.1, 0.15) is 26.7 Å². The van der Waals surface area contributed by atoms with Crippen LogP contribution in [0, 0.1) is 0 Å². The highest BCUT2D eigenvalue weighted by atomic mass is 32.2. The average molecular weight is 435 g/mol. The van der Waals surface area contributed by atoms with Crippen molar-refractivity contribution in [2.24, 2.45) is 5.73 Å². The van der Waals surface area contributed by atoms with Crippen molar-refractivity contribution in [2.75, 3.05) is 13.1 Å². The monoisotopic (exact) mass is 434 g/mol. The number of sulfonamides is 1. The number of benzene rings is 1. The number of rotatable bonds is 9. The molecule has 30 heavy (non-hydrogen) atoms. The van der Waals surface area contributed by atoms with Gasteiger partial charge < -0.3 is 10.7 Å². The molecular formula is C19H26N6O4S. The molecule has 0 spiro atoms. The molecule has 0 unspecified atom stereocenters. The van der Waals surface area contributed by atoms with Crippen LogP contribution >= 0.6 is 0 Å². The third-order valence-electron chi connectivity index (χ3n) is 4.63. The van der Waals surface area contributed by atoms with Crippen LogP contribution in [0.3, 0.4) is 0 Å². The number of aromatic nitrogens is 4. The summed E-state index contributed by atoms with van der Waals surface area (Å²) in [7, 11) is -3.64. The van der Waals surface area contributed by atoms with E-state index in [-0.39, 0.29) is 29.2 Å². The lowest BCUT2D eigenvalue weighted by Crippen LogP contribution is -2.40. The Hall–Kier alpha value is -2.76. The molecule has 0 radical (unpaired) electrons. The molecule has 10 nitrogen and oxygen atoms in total. The number of fused-ring (bicyclic) bond motifs is 1. The van der Waals surface area contributed by atoms with Gasteiger partial charge in [-0.25, -0.2) is 22.9 Å². The Bertz CT molecular complexity index is 1260. The van der Waals surface area contributed by atoms with Crippen molar-refractivity contribution in [1.29, 1.82) is 0 Å². The Kier molecular flexibility index (Phi) is 6.54. The molecule has 3 rings (SSSR count). The fourth-order valence-electron chi connectivity index (χ4n) is 3.22.